The third-order valence-corrected chi connectivity index (χ3v) is 2.91. The summed E-state index contributed by atoms with van der Waals surface area (Å²) in [6.45, 7) is 2.94. The van der Waals surface area contributed by atoms with Gasteiger partial charge in [0.1, 0.15) is 12.4 Å². The number of carbonyl (C=O) groups is 1. The molecule has 1 aromatic heterocycles. The Morgan fingerprint density at radius 2 is 2.21 bits per heavy atom. The van der Waals surface area contributed by atoms with Crippen molar-refractivity contribution in [1.82, 2.24) is 4.57 Å². The molecule has 2 N–H and O–H groups in total. The molecule has 0 bridgehead atoms. The molecule has 1 aromatic carbocycles. The van der Waals surface area contributed by atoms with Crippen LogP contribution in [0.1, 0.15) is 23.7 Å². The Morgan fingerprint density at radius 3 is 2.84 bits per heavy atom. The molecule has 5 heteroatoms. The van der Waals surface area contributed by atoms with Gasteiger partial charge in [0.15, 0.2) is 0 Å². The van der Waals surface area contributed by atoms with E-state index in [-0.39, 0.29) is 18.8 Å². The van der Waals surface area contributed by atoms with Gasteiger partial charge in [-0.25, -0.2) is 4.79 Å². The highest BCUT2D eigenvalue weighted by Gasteiger charge is 2.12. The van der Waals surface area contributed by atoms with E-state index in [0.717, 1.165) is 23.9 Å². The van der Waals surface area contributed by atoms with Gasteiger partial charge in [-0.15, -0.1) is 0 Å². The van der Waals surface area contributed by atoms with Crippen LogP contribution in [0.2, 0.25) is 0 Å². The van der Waals surface area contributed by atoms with E-state index in [0.29, 0.717) is 5.75 Å². The molecule has 0 atom stereocenters. The average Bonchev–Trinajstić information content (AvgIpc) is 2.80. The summed E-state index contributed by atoms with van der Waals surface area (Å²) in [5, 5.41) is 18.8. The number of aliphatic hydroxyl groups is 1. The Hall–Kier alpha value is -2.01. The number of rotatable bonds is 6. The molecule has 0 spiro atoms. The summed E-state index contributed by atoms with van der Waals surface area (Å²) < 4.78 is 7.43. The van der Waals surface area contributed by atoms with Gasteiger partial charge in [0.25, 0.3) is 0 Å². The normalized spacial score (nSPS) is 10.8. The van der Waals surface area contributed by atoms with Crippen LogP contribution in [0.25, 0.3) is 10.9 Å². The number of carboxylic acid groups (broad SMARTS) is 1. The van der Waals surface area contributed by atoms with E-state index in [1.807, 2.05) is 16.8 Å². The third kappa shape index (κ3) is 2.71. The first kappa shape index (κ1) is 13.4. The van der Waals surface area contributed by atoms with Crippen molar-refractivity contribution in [2.45, 2.75) is 19.9 Å². The van der Waals surface area contributed by atoms with Gasteiger partial charge in [-0.2, -0.15) is 0 Å². The van der Waals surface area contributed by atoms with Crippen LogP contribution in [0, 0.1) is 0 Å². The van der Waals surface area contributed by atoms with E-state index in [9.17, 15) is 4.79 Å². The molecule has 2 aromatic rings. The van der Waals surface area contributed by atoms with Gasteiger partial charge in [0.05, 0.1) is 17.7 Å². The maximum Gasteiger partial charge on any atom is 0.335 e. The number of fused-ring (bicyclic) bond motifs is 1. The van der Waals surface area contributed by atoms with E-state index in [1.165, 1.54) is 6.07 Å². The minimum absolute atomic E-state index is 0.103. The Labute approximate surface area is 111 Å². The molecule has 0 unspecified atom stereocenters. The van der Waals surface area contributed by atoms with Crippen molar-refractivity contribution in [2.75, 3.05) is 13.2 Å². The molecule has 0 aliphatic heterocycles. The van der Waals surface area contributed by atoms with Gasteiger partial charge in [0, 0.05) is 18.1 Å². The zero-order valence-corrected chi connectivity index (χ0v) is 10.8. The summed E-state index contributed by atoms with van der Waals surface area (Å²) in [7, 11) is 0. The number of hydrogen-bond acceptors (Lipinski definition) is 3. The molecule has 0 saturated carbocycles. The summed E-state index contributed by atoms with van der Waals surface area (Å²) in [6.07, 6.45) is 2.89. The zero-order valence-electron chi connectivity index (χ0n) is 10.8. The fraction of sp³-hybridized carbons (Fsp3) is 0.357. The SMILES string of the molecule is CCCn1ccc2c(OCCO)cc(C(=O)O)cc21. The number of aliphatic hydroxyl groups excluding tert-OH is 1. The van der Waals surface area contributed by atoms with Gasteiger partial charge >= 0.3 is 5.97 Å². The number of aromatic carboxylic acids is 1. The Kier molecular flexibility index (Phi) is 4.06. The number of nitrogens with zero attached hydrogens (tertiary/aromatic N) is 1. The first-order chi connectivity index (χ1) is 9.17. The molecule has 0 aliphatic carbocycles. The van der Waals surface area contributed by atoms with Gasteiger partial charge in [-0.1, -0.05) is 6.92 Å². The molecule has 5 nitrogen and oxygen atoms in total. The number of aryl methyl sites for hydroxylation is 1. The number of carboxylic acids is 1. The van der Waals surface area contributed by atoms with Crippen LogP contribution in [-0.4, -0.2) is 34.0 Å². The molecule has 102 valence electrons. The summed E-state index contributed by atoms with van der Waals surface area (Å²) in [6, 6.07) is 5.05. The van der Waals surface area contributed by atoms with Crippen LogP contribution in [-0.2, 0) is 6.54 Å². The smallest absolute Gasteiger partial charge is 0.335 e. The predicted molar refractivity (Wildman–Crippen MR) is 71.8 cm³/mol. The second kappa shape index (κ2) is 5.75. The fourth-order valence-electron chi connectivity index (χ4n) is 2.10. The van der Waals surface area contributed by atoms with Gasteiger partial charge < -0.3 is 19.5 Å². The topological polar surface area (TPSA) is 71.7 Å². The number of hydrogen-bond donors (Lipinski definition) is 2. The van der Waals surface area contributed by atoms with E-state index >= 15 is 0 Å². The summed E-state index contributed by atoms with van der Waals surface area (Å²) in [5.41, 5.74) is 1.03. The first-order valence-corrected chi connectivity index (χ1v) is 6.27. The quantitative estimate of drug-likeness (QED) is 0.837. The Bertz CT molecular complexity index is 588. The van der Waals surface area contributed by atoms with Crippen molar-refractivity contribution in [3.8, 4) is 5.75 Å². The average molecular weight is 263 g/mol. The second-order valence-electron chi connectivity index (χ2n) is 4.29. The summed E-state index contributed by atoms with van der Waals surface area (Å²) >= 11 is 0. The van der Waals surface area contributed by atoms with Crippen LogP contribution in [0.15, 0.2) is 24.4 Å². The lowest BCUT2D eigenvalue weighted by Gasteiger charge is -2.09. The zero-order chi connectivity index (χ0) is 13.8. The van der Waals surface area contributed by atoms with Gasteiger partial charge in [0.2, 0.25) is 0 Å². The summed E-state index contributed by atoms with van der Waals surface area (Å²) in [5.74, 6) is -0.487. The highest BCUT2D eigenvalue weighted by molar-refractivity contribution is 5.96. The maximum absolute atomic E-state index is 11.1. The molecular weight excluding hydrogens is 246 g/mol. The lowest BCUT2D eigenvalue weighted by atomic mass is 10.1. The monoisotopic (exact) mass is 263 g/mol. The van der Waals surface area contributed by atoms with E-state index in [2.05, 4.69) is 6.92 Å². The minimum Gasteiger partial charge on any atom is -0.490 e. The van der Waals surface area contributed by atoms with Crippen LogP contribution in [0.5, 0.6) is 5.75 Å². The molecule has 19 heavy (non-hydrogen) atoms. The Morgan fingerprint density at radius 1 is 1.42 bits per heavy atom. The summed E-state index contributed by atoms with van der Waals surface area (Å²) in [4.78, 5) is 11.1. The van der Waals surface area contributed by atoms with Crippen LogP contribution < -0.4 is 4.74 Å². The largest absolute Gasteiger partial charge is 0.490 e. The standard InChI is InChI=1S/C14H17NO4/c1-2-4-15-5-3-11-12(15)8-10(14(17)18)9-13(11)19-7-6-16/h3,5,8-9,16H,2,4,6-7H2,1H3,(H,17,18). The van der Waals surface area contributed by atoms with Gasteiger partial charge in [-0.05, 0) is 24.6 Å². The van der Waals surface area contributed by atoms with Crippen molar-refractivity contribution < 1.29 is 19.7 Å². The second-order valence-corrected chi connectivity index (χ2v) is 4.29. The van der Waals surface area contributed by atoms with Crippen molar-refractivity contribution in [1.29, 1.82) is 0 Å². The molecule has 0 radical (unpaired) electrons. The van der Waals surface area contributed by atoms with Crippen molar-refractivity contribution >= 4 is 16.9 Å². The van der Waals surface area contributed by atoms with Crippen LogP contribution in [0.4, 0.5) is 0 Å². The molecule has 0 saturated heterocycles. The molecule has 1 heterocycles. The third-order valence-electron chi connectivity index (χ3n) is 2.91. The molecule has 0 aliphatic rings. The number of aromatic nitrogens is 1. The first-order valence-electron chi connectivity index (χ1n) is 6.27. The predicted octanol–water partition coefficient (Wildman–Crippen LogP) is 2.12. The maximum atomic E-state index is 11.1. The van der Waals surface area contributed by atoms with Gasteiger partial charge in [-0.3, -0.25) is 0 Å². The van der Waals surface area contributed by atoms with E-state index in [4.69, 9.17) is 14.9 Å². The van der Waals surface area contributed by atoms with Crippen molar-refractivity contribution in [3.63, 3.8) is 0 Å². The minimum atomic E-state index is -0.986. The van der Waals surface area contributed by atoms with Crippen LogP contribution in [0.3, 0.4) is 0 Å². The van der Waals surface area contributed by atoms with Crippen molar-refractivity contribution in [2.24, 2.45) is 0 Å². The highest BCUT2D eigenvalue weighted by atomic mass is 16.5. The lowest BCUT2D eigenvalue weighted by molar-refractivity contribution is 0.0696. The molecule has 2 rings (SSSR count). The van der Waals surface area contributed by atoms with E-state index in [1.54, 1.807) is 6.07 Å². The molecular formula is C14H17NO4. The van der Waals surface area contributed by atoms with Crippen molar-refractivity contribution in [3.05, 3.63) is 30.0 Å². The fourth-order valence-corrected chi connectivity index (χ4v) is 2.10. The number of benzene rings is 1. The molecule has 0 fully saturated rings. The highest BCUT2D eigenvalue weighted by Crippen LogP contribution is 2.29. The number of ether oxygens (including phenoxy) is 1. The van der Waals surface area contributed by atoms with E-state index < -0.39 is 5.97 Å². The Balaban J connectivity index is 2.55. The lowest BCUT2D eigenvalue weighted by Crippen LogP contribution is -2.04. The molecule has 0 amide bonds. The van der Waals surface area contributed by atoms with Crippen LogP contribution >= 0.6 is 0 Å².